The molecule has 1 saturated carbocycles. The summed E-state index contributed by atoms with van der Waals surface area (Å²) < 4.78 is 0. The molecule has 2 amide bonds. The topological polar surface area (TPSA) is 69.6 Å². The average Bonchev–Trinajstić information content (AvgIpc) is 2.97. The maximum atomic E-state index is 12.4. The van der Waals surface area contributed by atoms with Crippen LogP contribution in [0, 0.1) is 11.8 Å². The van der Waals surface area contributed by atoms with Gasteiger partial charge in [0.05, 0.1) is 0 Å². The van der Waals surface area contributed by atoms with Gasteiger partial charge in [0.1, 0.15) is 6.04 Å². The van der Waals surface area contributed by atoms with Gasteiger partial charge >= 0.3 is 12.0 Å². The molecule has 0 aromatic rings. The van der Waals surface area contributed by atoms with E-state index >= 15 is 0 Å². The fourth-order valence-electron chi connectivity index (χ4n) is 3.55. The number of fused-ring (bicyclic) bond motifs is 1. The number of aliphatic carboxylic acids is 1. The molecule has 4 unspecified atom stereocenters. The summed E-state index contributed by atoms with van der Waals surface area (Å²) in [5, 5.41) is 12.4. The summed E-state index contributed by atoms with van der Waals surface area (Å²) in [6.07, 6.45) is 5.96. The standard InChI is InChI=1S/C14H24N2O3S/c1-3-10(8-20-2)15-14(19)16-7-9-5-4-6-11(9)12(16)13(17)18/h9-12H,3-8H2,1-2H3,(H,15,19)(H,17,18). The fraction of sp³-hybridized carbons (Fsp3) is 0.857. The molecule has 1 aliphatic heterocycles. The number of carbonyl (C=O) groups is 2. The molecule has 5 nitrogen and oxygen atoms in total. The van der Waals surface area contributed by atoms with Crippen LogP contribution in [0.5, 0.6) is 0 Å². The minimum Gasteiger partial charge on any atom is -0.480 e. The molecule has 2 rings (SSSR count). The molecular weight excluding hydrogens is 276 g/mol. The molecule has 4 atom stereocenters. The molecule has 0 aromatic carbocycles. The highest BCUT2D eigenvalue weighted by molar-refractivity contribution is 7.98. The van der Waals surface area contributed by atoms with Crippen LogP contribution in [0.25, 0.3) is 0 Å². The van der Waals surface area contributed by atoms with E-state index in [0.29, 0.717) is 12.5 Å². The number of carboxylic acid groups (broad SMARTS) is 1. The zero-order valence-electron chi connectivity index (χ0n) is 12.2. The maximum absolute atomic E-state index is 12.4. The van der Waals surface area contributed by atoms with Crippen molar-refractivity contribution in [3.05, 3.63) is 0 Å². The first-order valence-corrected chi connectivity index (χ1v) is 8.76. The lowest BCUT2D eigenvalue weighted by atomic mass is 9.94. The van der Waals surface area contributed by atoms with Gasteiger partial charge in [-0.25, -0.2) is 9.59 Å². The summed E-state index contributed by atoms with van der Waals surface area (Å²) in [4.78, 5) is 25.4. The maximum Gasteiger partial charge on any atom is 0.326 e. The van der Waals surface area contributed by atoms with Gasteiger partial charge in [-0.15, -0.1) is 0 Å². The third-order valence-corrected chi connectivity index (χ3v) is 5.33. The van der Waals surface area contributed by atoms with Gasteiger partial charge in [0.25, 0.3) is 0 Å². The van der Waals surface area contributed by atoms with Crippen molar-refractivity contribution in [1.29, 1.82) is 0 Å². The average molecular weight is 300 g/mol. The Hall–Kier alpha value is -0.910. The molecule has 2 N–H and O–H groups in total. The van der Waals surface area contributed by atoms with Crippen LogP contribution in [0.1, 0.15) is 32.6 Å². The highest BCUT2D eigenvalue weighted by Crippen LogP contribution is 2.42. The zero-order chi connectivity index (χ0) is 14.7. The van der Waals surface area contributed by atoms with Crippen molar-refractivity contribution in [2.24, 2.45) is 11.8 Å². The zero-order valence-corrected chi connectivity index (χ0v) is 13.0. The Kier molecular flexibility index (Phi) is 5.18. The molecule has 2 aliphatic rings. The number of carboxylic acids is 1. The van der Waals surface area contributed by atoms with E-state index in [4.69, 9.17) is 0 Å². The predicted octanol–water partition coefficient (Wildman–Crippen LogP) is 2.02. The highest BCUT2D eigenvalue weighted by atomic mass is 32.2. The molecule has 2 fully saturated rings. The number of nitrogens with zero attached hydrogens (tertiary/aromatic N) is 1. The third-order valence-electron chi connectivity index (χ3n) is 4.59. The molecule has 1 aliphatic carbocycles. The predicted molar refractivity (Wildman–Crippen MR) is 80.0 cm³/mol. The van der Waals surface area contributed by atoms with E-state index < -0.39 is 12.0 Å². The molecular formula is C14H24N2O3S. The van der Waals surface area contributed by atoms with Crippen LogP contribution >= 0.6 is 11.8 Å². The third kappa shape index (κ3) is 3.05. The molecule has 0 radical (unpaired) electrons. The lowest BCUT2D eigenvalue weighted by molar-refractivity contribution is -0.142. The van der Waals surface area contributed by atoms with Gasteiger partial charge in [-0.2, -0.15) is 11.8 Å². The van der Waals surface area contributed by atoms with E-state index in [1.807, 2.05) is 13.2 Å². The summed E-state index contributed by atoms with van der Waals surface area (Å²) in [6.45, 7) is 2.64. The normalized spacial score (nSPS) is 30.1. The Labute approximate surface area is 124 Å². The first-order valence-electron chi connectivity index (χ1n) is 7.37. The van der Waals surface area contributed by atoms with Crippen LogP contribution < -0.4 is 5.32 Å². The van der Waals surface area contributed by atoms with Crippen molar-refractivity contribution in [1.82, 2.24) is 10.2 Å². The molecule has 0 bridgehead atoms. The first-order chi connectivity index (χ1) is 9.58. The Morgan fingerprint density at radius 2 is 2.20 bits per heavy atom. The second kappa shape index (κ2) is 6.70. The lowest BCUT2D eigenvalue weighted by Crippen LogP contribution is -2.51. The number of nitrogens with one attached hydrogen (secondary N) is 1. The summed E-state index contributed by atoms with van der Waals surface area (Å²) in [6, 6.07) is -0.714. The van der Waals surface area contributed by atoms with Gasteiger partial charge in [-0.05, 0) is 37.4 Å². The monoisotopic (exact) mass is 300 g/mol. The van der Waals surface area contributed by atoms with Gasteiger partial charge in [-0.3, -0.25) is 0 Å². The van der Waals surface area contributed by atoms with Crippen LogP contribution in [0.3, 0.4) is 0 Å². The van der Waals surface area contributed by atoms with E-state index in [1.54, 1.807) is 16.7 Å². The van der Waals surface area contributed by atoms with Crippen molar-refractivity contribution in [3.8, 4) is 0 Å². The number of carbonyl (C=O) groups excluding carboxylic acids is 1. The van der Waals surface area contributed by atoms with Crippen molar-refractivity contribution >= 4 is 23.8 Å². The van der Waals surface area contributed by atoms with E-state index in [2.05, 4.69) is 5.32 Å². The van der Waals surface area contributed by atoms with Crippen LogP contribution in [0.4, 0.5) is 4.79 Å². The second-order valence-corrected chi connectivity index (χ2v) is 6.71. The Morgan fingerprint density at radius 1 is 1.45 bits per heavy atom. The minimum atomic E-state index is -0.854. The van der Waals surface area contributed by atoms with E-state index in [0.717, 1.165) is 31.4 Å². The van der Waals surface area contributed by atoms with Crippen LogP contribution in [-0.2, 0) is 4.79 Å². The van der Waals surface area contributed by atoms with Crippen LogP contribution in [0.2, 0.25) is 0 Å². The van der Waals surface area contributed by atoms with E-state index in [1.165, 1.54) is 0 Å². The van der Waals surface area contributed by atoms with Gasteiger partial charge in [0.2, 0.25) is 0 Å². The molecule has 1 heterocycles. The number of urea groups is 1. The molecule has 6 heteroatoms. The number of thioether (sulfide) groups is 1. The molecule has 114 valence electrons. The van der Waals surface area contributed by atoms with Crippen LogP contribution in [0.15, 0.2) is 0 Å². The molecule has 1 saturated heterocycles. The Bertz CT molecular complexity index is 377. The summed E-state index contributed by atoms with van der Waals surface area (Å²) >= 11 is 1.69. The SMILES string of the molecule is CCC(CSC)NC(=O)N1CC2CCCC2C1C(=O)O. The largest absolute Gasteiger partial charge is 0.480 e. The van der Waals surface area contributed by atoms with E-state index in [-0.39, 0.29) is 18.0 Å². The lowest BCUT2D eigenvalue weighted by Gasteiger charge is -2.27. The summed E-state index contributed by atoms with van der Waals surface area (Å²) in [7, 11) is 0. The number of rotatable bonds is 5. The van der Waals surface area contributed by atoms with Gasteiger partial charge in [-0.1, -0.05) is 13.3 Å². The van der Waals surface area contributed by atoms with Crippen molar-refractivity contribution in [3.63, 3.8) is 0 Å². The van der Waals surface area contributed by atoms with E-state index in [9.17, 15) is 14.7 Å². The number of amides is 2. The second-order valence-electron chi connectivity index (χ2n) is 5.80. The van der Waals surface area contributed by atoms with Crippen molar-refractivity contribution < 1.29 is 14.7 Å². The van der Waals surface area contributed by atoms with Gasteiger partial charge in [0, 0.05) is 18.3 Å². The number of hydrogen-bond acceptors (Lipinski definition) is 3. The smallest absolute Gasteiger partial charge is 0.326 e. The Morgan fingerprint density at radius 3 is 2.80 bits per heavy atom. The van der Waals surface area contributed by atoms with Crippen molar-refractivity contribution in [2.45, 2.75) is 44.7 Å². The number of likely N-dealkylation sites (tertiary alicyclic amines) is 1. The minimum absolute atomic E-state index is 0.118. The van der Waals surface area contributed by atoms with Crippen molar-refractivity contribution in [2.75, 3.05) is 18.6 Å². The first kappa shape index (κ1) is 15.5. The summed E-state index contributed by atoms with van der Waals surface area (Å²) in [5.41, 5.74) is 0. The molecule has 0 aromatic heterocycles. The molecule has 0 spiro atoms. The quantitative estimate of drug-likeness (QED) is 0.815. The molecule has 20 heavy (non-hydrogen) atoms. The fourth-order valence-corrected chi connectivity index (χ4v) is 4.27. The summed E-state index contributed by atoms with van der Waals surface area (Å²) in [5.74, 6) is 0.537. The highest BCUT2D eigenvalue weighted by Gasteiger charge is 2.49. The van der Waals surface area contributed by atoms with Crippen LogP contribution in [-0.4, -0.2) is 52.6 Å². The number of hydrogen-bond donors (Lipinski definition) is 2. The Balaban J connectivity index is 2.03. The van der Waals surface area contributed by atoms with Gasteiger partial charge in [0.15, 0.2) is 0 Å². The van der Waals surface area contributed by atoms with Gasteiger partial charge < -0.3 is 15.3 Å².